The van der Waals surface area contributed by atoms with Gasteiger partial charge >= 0.3 is 0 Å². The summed E-state index contributed by atoms with van der Waals surface area (Å²) < 4.78 is 0. The van der Waals surface area contributed by atoms with E-state index in [1.54, 1.807) is 0 Å². The summed E-state index contributed by atoms with van der Waals surface area (Å²) in [6.07, 6.45) is 2.93. The molecule has 2 heterocycles. The Kier molecular flexibility index (Phi) is 2.32. The van der Waals surface area contributed by atoms with Crippen LogP contribution in [0.25, 0.3) is 0 Å². The second-order valence-electron chi connectivity index (χ2n) is 3.72. The highest BCUT2D eigenvalue weighted by molar-refractivity contribution is 4.82. The van der Waals surface area contributed by atoms with Crippen molar-refractivity contribution in [2.24, 2.45) is 0 Å². The number of β-amino-alcohol motifs (C(OH)–C–C–N with tert-alkyl or cyclic N) is 1. The summed E-state index contributed by atoms with van der Waals surface area (Å²) in [4.78, 5) is 2.16. The largest absolute Gasteiger partial charge is 0.392 e. The molecule has 2 fully saturated rings. The summed E-state index contributed by atoms with van der Waals surface area (Å²) >= 11 is 0. The zero-order chi connectivity index (χ0) is 8.55. The van der Waals surface area contributed by atoms with Gasteiger partial charge < -0.3 is 10.3 Å². The zero-order valence-electron chi connectivity index (χ0n) is 7.19. The summed E-state index contributed by atoms with van der Waals surface area (Å²) in [5.74, 6) is 0. The first-order valence-electron chi connectivity index (χ1n) is 4.65. The van der Waals surface area contributed by atoms with Crippen molar-refractivity contribution in [2.75, 3.05) is 19.6 Å². The Hall–Kier alpha value is -0.160. The van der Waals surface area contributed by atoms with E-state index in [-0.39, 0.29) is 12.3 Å². The van der Waals surface area contributed by atoms with Crippen molar-refractivity contribution >= 4 is 0 Å². The number of hydrogen-bond acceptors (Lipinski definition) is 4. The van der Waals surface area contributed by atoms with Crippen molar-refractivity contribution < 1.29 is 10.3 Å². The van der Waals surface area contributed by atoms with Crippen molar-refractivity contribution in [2.45, 2.75) is 31.5 Å². The number of likely N-dealkylation sites (tertiary alicyclic amines) is 1. The number of hydroxylamine groups is 2. The van der Waals surface area contributed by atoms with Gasteiger partial charge in [0.15, 0.2) is 0 Å². The smallest absolute Gasteiger partial charge is 0.0867 e. The van der Waals surface area contributed by atoms with Crippen LogP contribution in [0, 0.1) is 0 Å². The van der Waals surface area contributed by atoms with Crippen LogP contribution in [0.5, 0.6) is 0 Å². The predicted molar refractivity (Wildman–Crippen MR) is 43.7 cm³/mol. The standard InChI is InChI=1S/C8H16N2O2/c11-7-3-5-9(6-7)8-2-1-4-10(8)12/h7-8,11-12H,1-6H2/t7?,8-/m1/s1. The molecule has 4 nitrogen and oxygen atoms in total. The molecule has 0 amide bonds. The van der Waals surface area contributed by atoms with Crippen LogP contribution in [-0.2, 0) is 0 Å². The van der Waals surface area contributed by atoms with Gasteiger partial charge in [-0.05, 0) is 19.3 Å². The fraction of sp³-hybridized carbons (Fsp3) is 1.00. The van der Waals surface area contributed by atoms with Gasteiger partial charge in [-0.2, -0.15) is 5.06 Å². The number of aliphatic hydroxyl groups excluding tert-OH is 1. The maximum atomic E-state index is 9.45. The maximum absolute atomic E-state index is 9.45. The van der Waals surface area contributed by atoms with Crippen molar-refractivity contribution in [3.05, 3.63) is 0 Å². The molecule has 2 atom stereocenters. The van der Waals surface area contributed by atoms with Crippen molar-refractivity contribution in [1.29, 1.82) is 0 Å². The Balaban J connectivity index is 1.91. The lowest BCUT2D eigenvalue weighted by Crippen LogP contribution is -2.42. The zero-order valence-corrected chi connectivity index (χ0v) is 7.19. The average molecular weight is 172 g/mol. The highest BCUT2D eigenvalue weighted by Gasteiger charge is 2.33. The highest BCUT2D eigenvalue weighted by Crippen LogP contribution is 2.22. The Labute approximate surface area is 72.3 Å². The van der Waals surface area contributed by atoms with E-state index >= 15 is 0 Å². The molecule has 0 aromatic heterocycles. The number of hydrogen-bond donors (Lipinski definition) is 2. The Morgan fingerprint density at radius 2 is 2.00 bits per heavy atom. The van der Waals surface area contributed by atoms with Crippen molar-refractivity contribution in [3.8, 4) is 0 Å². The molecule has 0 aromatic carbocycles. The van der Waals surface area contributed by atoms with Gasteiger partial charge in [-0.25, -0.2) is 0 Å². The van der Waals surface area contributed by atoms with Crippen LogP contribution in [0.15, 0.2) is 0 Å². The lowest BCUT2D eigenvalue weighted by molar-refractivity contribution is -0.144. The third kappa shape index (κ3) is 1.47. The summed E-state index contributed by atoms with van der Waals surface area (Å²) in [6, 6.07) is 0. The first-order valence-corrected chi connectivity index (χ1v) is 4.65. The van der Waals surface area contributed by atoms with Crippen LogP contribution >= 0.6 is 0 Å². The average Bonchev–Trinajstić information content (AvgIpc) is 2.58. The molecule has 0 radical (unpaired) electrons. The molecule has 0 saturated carbocycles. The van der Waals surface area contributed by atoms with Crippen LogP contribution in [0.1, 0.15) is 19.3 Å². The molecule has 2 N–H and O–H groups in total. The summed E-state index contributed by atoms with van der Waals surface area (Å²) in [5, 5.41) is 20.2. The first-order chi connectivity index (χ1) is 5.77. The minimum Gasteiger partial charge on any atom is -0.392 e. The van der Waals surface area contributed by atoms with Crippen molar-refractivity contribution in [3.63, 3.8) is 0 Å². The molecule has 0 spiro atoms. The first kappa shape index (κ1) is 8.44. The van der Waals surface area contributed by atoms with E-state index in [9.17, 15) is 10.3 Å². The minimum absolute atomic E-state index is 0.169. The lowest BCUT2D eigenvalue weighted by Gasteiger charge is -2.27. The Morgan fingerprint density at radius 1 is 1.17 bits per heavy atom. The van der Waals surface area contributed by atoms with Crippen LogP contribution in [0.4, 0.5) is 0 Å². The van der Waals surface area contributed by atoms with E-state index in [1.165, 1.54) is 5.06 Å². The molecule has 2 saturated heterocycles. The number of rotatable bonds is 1. The Morgan fingerprint density at radius 3 is 2.50 bits per heavy atom. The van der Waals surface area contributed by atoms with Crippen molar-refractivity contribution in [1.82, 2.24) is 9.96 Å². The van der Waals surface area contributed by atoms with Crippen LogP contribution in [-0.4, -0.2) is 52.2 Å². The summed E-state index contributed by atoms with van der Waals surface area (Å²) in [7, 11) is 0. The maximum Gasteiger partial charge on any atom is 0.0867 e. The fourth-order valence-corrected chi connectivity index (χ4v) is 2.14. The van der Waals surface area contributed by atoms with E-state index < -0.39 is 0 Å². The predicted octanol–water partition coefficient (Wildman–Crippen LogP) is -0.136. The van der Waals surface area contributed by atoms with Gasteiger partial charge in [0.2, 0.25) is 0 Å². The third-order valence-corrected chi connectivity index (χ3v) is 2.81. The molecule has 2 aliphatic heterocycles. The molecule has 0 aromatic rings. The summed E-state index contributed by atoms with van der Waals surface area (Å²) in [6.45, 7) is 2.42. The second kappa shape index (κ2) is 3.30. The Bertz CT molecular complexity index is 165. The van der Waals surface area contributed by atoms with Gasteiger partial charge in [0.25, 0.3) is 0 Å². The monoisotopic (exact) mass is 172 g/mol. The van der Waals surface area contributed by atoms with E-state index in [1.807, 2.05) is 0 Å². The molecule has 70 valence electrons. The SMILES string of the molecule is OC1CCN([C@H]2CCCN2O)C1. The van der Waals surface area contributed by atoms with Gasteiger partial charge in [0, 0.05) is 19.6 Å². The van der Waals surface area contributed by atoms with Crippen LogP contribution in [0.3, 0.4) is 0 Å². The van der Waals surface area contributed by atoms with Gasteiger partial charge in [0.1, 0.15) is 0 Å². The molecular weight excluding hydrogens is 156 g/mol. The normalized spacial score (nSPS) is 39.5. The molecule has 2 aliphatic rings. The van der Waals surface area contributed by atoms with Gasteiger partial charge in [-0.15, -0.1) is 0 Å². The van der Waals surface area contributed by atoms with Gasteiger partial charge in [-0.1, -0.05) is 0 Å². The van der Waals surface area contributed by atoms with Gasteiger partial charge in [-0.3, -0.25) is 4.90 Å². The molecule has 0 bridgehead atoms. The van der Waals surface area contributed by atoms with Crippen LogP contribution < -0.4 is 0 Å². The molecule has 0 aliphatic carbocycles. The number of nitrogens with zero attached hydrogens (tertiary/aromatic N) is 2. The van der Waals surface area contributed by atoms with E-state index in [4.69, 9.17) is 0 Å². The molecule has 12 heavy (non-hydrogen) atoms. The highest BCUT2D eigenvalue weighted by atomic mass is 16.5. The van der Waals surface area contributed by atoms with E-state index in [0.29, 0.717) is 0 Å². The third-order valence-electron chi connectivity index (χ3n) is 2.81. The molecule has 2 rings (SSSR count). The van der Waals surface area contributed by atoms with Crippen LogP contribution in [0.2, 0.25) is 0 Å². The lowest BCUT2D eigenvalue weighted by atomic mass is 10.3. The van der Waals surface area contributed by atoms with E-state index in [0.717, 1.165) is 38.9 Å². The topological polar surface area (TPSA) is 46.9 Å². The van der Waals surface area contributed by atoms with Gasteiger partial charge in [0.05, 0.1) is 12.3 Å². The molecule has 4 heteroatoms. The quantitative estimate of drug-likeness (QED) is 0.578. The molecular formula is C8H16N2O2. The number of aliphatic hydroxyl groups is 1. The summed E-state index contributed by atoms with van der Waals surface area (Å²) in [5.41, 5.74) is 0. The van der Waals surface area contributed by atoms with E-state index in [2.05, 4.69) is 4.90 Å². The minimum atomic E-state index is -0.181. The fourth-order valence-electron chi connectivity index (χ4n) is 2.14. The second-order valence-corrected chi connectivity index (χ2v) is 3.72. The molecule has 1 unspecified atom stereocenters.